The molecule has 0 aromatic heterocycles. The van der Waals surface area contributed by atoms with Gasteiger partial charge in [-0.05, 0) is 108 Å². The highest BCUT2D eigenvalue weighted by Gasteiger charge is 2.29. The zero-order valence-electron chi connectivity index (χ0n) is 27.0. The monoisotopic (exact) mass is 588 g/mol. The maximum absolute atomic E-state index is 13.8. The molecule has 1 heterocycles. The van der Waals surface area contributed by atoms with Gasteiger partial charge < -0.3 is 24.6 Å². The third-order valence-corrected chi connectivity index (χ3v) is 8.83. The zero-order valence-corrected chi connectivity index (χ0v) is 27.0. The fraction of sp³-hybridized carbons (Fsp3) is 0.514. The quantitative estimate of drug-likeness (QED) is 0.315. The minimum absolute atomic E-state index is 0.0229. The van der Waals surface area contributed by atoms with Crippen molar-refractivity contribution in [1.82, 2.24) is 10.2 Å². The van der Waals surface area contributed by atoms with Crippen molar-refractivity contribution in [1.29, 1.82) is 0 Å². The summed E-state index contributed by atoms with van der Waals surface area (Å²) < 4.78 is 10.9. The van der Waals surface area contributed by atoms with Crippen LogP contribution in [0.25, 0.3) is 11.1 Å². The van der Waals surface area contributed by atoms with Crippen molar-refractivity contribution in [3.8, 4) is 16.9 Å². The first-order chi connectivity index (χ1) is 20.6. The summed E-state index contributed by atoms with van der Waals surface area (Å²) >= 11 is 0. The first-order valence-corrected chi connectivity index (χ1v) is 15.5. The van der Waals surface area contributed by atoms with Crippen LogP contribution in [0.15, 0.2) is 52.7 Å². The zero-order chi connectivity index (χ0) is 31.1. The Hall–Kier alpha value is -3.49. The standard InChI is InChI=1S/C35H48N4O4/c1-8-39(29-13-11-28(12-14-29)38(5)6)33-21-27(26-9-15-30(16-10-26)43-18-17-42-7)20-31(24(33)3)35(41)36-22-32-25(4)37-23(2)19-34(32)40/h9-10,15-16,20-21,28-29H,8,11-14,17-19,22H2,1-7H3,(H,36,41). The second-order valence-corrected chi connectivity index (χ2v) is 11.9. The molecule has 1 aliphatic heterocycles. The van der Waals surface area contributed by atoms with Gasteiger partial charge in [-0.3, -0.25) is 14.6 Å². The van der Waals surface area contributed by atoms with Gasteiger partial charge in [0.05, 0.1) is 6.61 Å². The van der Waals surface area contributed by atoms with E-state index >= 15 is 0 Å². The largest absolute Gasteiger partial charge is 0.491 e. The number of benzene rings is 2. The number of ketones is 1. The summed E-state index contributed by atoms with van der Waals surface area (Å²) in [5.41, 5.74) is 6.69. The SMILES string of the molecule is CCN(c1cc(-c2ccc(OCCOC)cc2)cc(C(=O)NCC2=C(C)N=C(C)CC2=O)c1C)C1CCC(N(C)C)CC1. The van der Waals surface area contributed by atoms with Crippen LogP contribution in [0.1, 0.15) is 68.8 Å². The number of nitrogens with zero attached hydrogens (tertiary/aromatic N) is 3. The molecule has 1 fully saturated rings. The number of aliphatic imine (C=N–C) groups is 1. The third-order valence-electron chi connectivity index (χ3n) is 8.83. The van der Waals surface area contributed by atoms with Crippen LogP contribution in [-0.2, 0) is 9.53 Å². The Morgan fingerprint density at radius 2 is 1.65 bits per heavy atom. The number of amides is 1. The van der Waals surface area contributed by atoms with E-state index in [1.54, 1.807) is 7.11 Å². The van der Waals surface area contributed by atoms with E-state index in [0.717, 1.165) is 66.1 Å². The van der Waals surface area contributed by atoms with Gasteiger partial charge >= 0.3 is 0 Å². The Morgan fingerprint density at radius 1 is 0.977 bits per heavy atom. The Bertz CT molecular complexity index is 1350. The van der Waals surface area contributed by atoms with E-state index in [1.165, 1.54) is 0 Å². The molecule has 0 unspecified atom stereocenters. The maximum Gasteiger partial charge on any atom is 0.251 e. The van der Waals surface area contributed by atoms with Gasteiger partial charge in [0.25, 0.3) is 5.91 Å². The molecule has 1 amide bonds. The molecule has 2 aromatic carbocycles. The van der Waals surface area contributed by atoms with Crippen LogP contribution in [0, 0.1) is 6.92 Å². The van der Waals surface area contributed by atoms with Crippen LogP contribution < -0.4 is 15.0 Å². The van der Waals surface area contributed by atoms with Crippen molar-refractivity contribution in [2.24, 2.45) is 4.99 Å². The van der Waals surface area contributed by atoms with Crippen molar-refractivity contribution >= 4 is 23.1 Å². The van der Waals surface area contributed by atoms with Gasteiger partial charge in [-0.2, -0.15) is 0 Å². The highest BCUT2D eigenvalue weighted by Crippen LogP contribution is 2.36. The average Bonchev–Trinajstić information content (AvgIpc) is 2.98. The van der Waals surface area contributed by atoms with E-state index in [1.807, 2.05) is 51.1 Å². The number of nitrogens with one attached hydrogen (secondary N) is 1. The fourth-order valence-electron chi connectivity index (χ4n) is 6.32. The second-order valence-electron chi connectivity index (χ2n) is 11.9. The summed E-state index contributed by atoms with van der Waals surface area (Å²) in [7, 11) is 5.99. The molecule has 2 aliphatic rings. The van der Waals surface area contributed by atoms with E-state index in [2.05, 4.69) is 47.2 Å². The maximum atomic E-state index is 13.8. The molecule has 1 saturated carbocycles. The lowest BCUT2D eigenvalue weighted by molar-refractivity contribution is -0.114. The van der Waals surface area contributed by atoms with Gasteiger partial charge in [-0.1, -0.05) is 12.1 Å². The topological polar surface area (TPSA) is 83.5 Å². The number of allylic oxidation sites excluding steroid dienone is 1. The number of hydrogen-bond donors (Lipinski definition) is 1. The average molecular weight is 589 g/mol. The molecule has 0 radical (unpaired) electrons. The van der Waals surface area contributed by atoms with E-state index in [4.69, 9.17) is 9.47 Å². The number of methoxy groups -OCH3 is 1. The molecular weight excluding hydrogens is 540 g/mol. The molecule has 0 spiro atoms. The summed E-state index contributed by atoms with van der Waals surface area (Å²) in [5, 5.41) is 3.04. The number of anilines is 1. The van der Waals surface area contributed by atoms with Crippen LogP contribution in [0.5, 0.6) is 5.75 Å². The predicted octanol–water partition coefficient (Wildman–Crippen LogP) is 5.82. The number of ether oxygens (including phenoxy) is 2. The van der Waals surface area contributed by atoms with E-state index < -0.39 is 0 Å². The van der Waals surface area contributed by atoms with E-state index in [9.17, 15) is 9.59 Å². The Morgan fingerprint density at radius 3 is 2.26 bits per heavy atom. The van der Waals surface area contributed by atoms with Crippen molar-refractivity contribution in [2.45, 2.75) is 71.9 Å². The molecule has 0 saturated heterocycles. The molecule has 232 valence electrons. The predicted molar refractivity (Wildman–Crippen MR) is 175 cm³/mol. The number of rotatable bonds is 12. The Kier molecular flexibility index (Phi) is 11.2. The van der Waals surface area contributed by atoms with Crippen LogP contribution in [-0.4, -0.2) is 81.9 Å². The fourth-order valence-corrected chi connectivity index (χ4v) is 6.32. The highest BCUT2D eigenvalue weighted by molar-refractivity contribution is 6.12. The lowest BCUT2D eigenvalue weighted by Crippen LogP contribution is -2.42. The molecule has 8 heteroatoms. The van der Waals surface area contributed by atoms with Crippen LogP contribution in [0.2, 0.25) is 0 Å². The number of carbonyl (C=O) groups is 2. The Labute approximate surface area is 257 Å². The summed E-state index contributed by atoms with van der Waals surface area (Å²) in [6.45, 7) is 9.96. The molecular formula is C35H48N4O4. The summed E-state index contributed by atoms with van der Waals surface area (Å²) in [6, 6.07) is 13.2. The number of carbonyl (C=O) groups excluding carboxylic acids is 2. The van der Waals surface area contributed by atoms with Gasteiger partial charge in [0.15, 0.2) is 5.78 Å². The van der Waals surface area contributed by atoms with Crippen LogP contribution in [0.3, 0.4) is 0 Å². The van der Waals surface area contributed by atoms with E-state index in [0.29, 0.717) is 48.6 Å². The van der Waals surface area contributed by atoms with Crippen LogP contribution in [0.4, 0.5) is 5.69 Å². The Balaban J connectivity index is 1.67. The first-order valence-electron chi connectivity index (χ1n) is 15.5. The van der Waals surface area contributed by atoms with E-state index in [-0.39, 0.29) is 18.2 Å². The van der Waals surface area contributed by atoms with Crippen molar-refractivity contribution in [3.05, 3.63) is 58.8 Å². The van der Waals surface area contributed by atoms with Gasteiger partial charge in [0.2, 0.25) is 0 Å². The molecule has 0 atom stereocenters. The molecule has 1 aliphatic carbocycles. The van der Waals surface area contributed by atoms with Crippen molar-refractivity contribution in [2.75, 3.05) is 52.4 Å². The van der Waals surface area contributed by atoms with Gasteiger partial charge in [0, 0.05) is 66.9 Å². The molecule has 4 rings (SSSR count). The van der Waals surface area contributed by atoms with Gasteiger partial charge in [-0.25, -0.2) is 0 Å². The molecule has 43 heavy (non-hydrogen) atoms. The molecule has 8 nitrogen and oxygen atoms in total. The minimum atomic E-state index is -0.188. The smallest absolute Gasteiger partial charge is 0.251 e. The minimum Gasteiger partial charge on any atom is -0.491 e. The van der Waals surface area contributed by atoms with Gasteiger partial charge in [0.1, 0.15) is 12.4 Å². The van der Waals surface area contributed by atoms with Crippen LogP contribution >= 0.6 is 0 Å². The van der Waals surface area contributed by atoms with Crippen molar-refractivity contribution < 1.29 is 19.1 Å². The lowest BCUT2D eigenvalue weighted by atomic mass is 9.88. The van der Waals surface area contributed by atoms with Gasteiger partial charge in [-0.15, -0.1) is 0 Å². The number of hydrogen-bond acceptors (Lipinski definition) is 7. The normalized spacial score (nSPS) is 19.0. The highest BCUT2D eigenvalue weighted by atomic mass is 16.5. The molecule has 1 N–H and O–H groups in total. The molecule has 2 aromatic rings. The summed E-state index contributed by atoms with van der Waals surface area (Å²) in [5.74, 6) is 0.610. The first kappa shape index (κ1) is 32.4. The molecule has 0 bridgehead atoms. The number of Topliss-reactive ketones (excluding diaryl/α,β-unsaturated/α-hetero) is 1. The summed E-state index contributed by atoms with van der Waals surface area (Å²) in [6.07, 6.45) is 4.86. The second kappa shape index (κ2) is 14.8. The van der Waals surface area contributed by atoms with Crippen molar-refractivity contribution in [3.63, 3.8) is 0 Å². The third kappa shape index (κ3) is 7.92. The summed E-state index contributed by atoms with van der Waals surface area (Å²) in [4.78, 5) is 35.8. The lowest BCUT2D eigenvalue weighted by Gasteiger charge is -2.40.